The molecule has 14 heavy (non-hydrogen) atoms. The van der Waals surface area contributed by atoms with Crippen molar-refractivity contribution in [3.8, 4) is 0 Å². The average Bonchev–Trinajstić information content (AvgIpc) is 2.65. The van der Waals surface area contributed by atoms with E-state index in [1.165, 1.54) is 0 Å². The third kappa shape index (κ3) is 2.05. The maximum atomic E-state index is 4.39. The Balaban J connectivity index is 2.32. The molecule has 0 amide bonds. The van der Waals surface area contributed by atoms with Crippen LogP contribution >= 0.6 is 28.4 Å². The molecule has 0 bridgehead atoms. The van der Waals surface area contributed by atoms with E-state index in [0.29, 0.717) is 6.37 Å². The van der Waals surface area contributed by atoms with Gasteiger partial charge in [0.25, 0.3) is 0 Å². The van der Waals surface area contributed by atoms with Gasteiger partial charge in [-0.15, -0.1) is 0 Å². The summed E-state index contributed by atoms with van der Waals surface area (Å²) in [5.41, 5.74) is 4.78. The third-order valence-corrected chi connectivity index (χ3v) is 3.58. The molecule has 1 aromatic heterocycles. The fraction of sp³-hybridized carbons (Fsp3) is 0.125. The normalized spacial score (nSPS) is 15.6. The molecule has 1 aliphatic heterocycles. The second kappa shape index (κ2) is 4.26. The summed E-state index contributed by atoms with van der Waals surface area (Å²) >= 11 is 2.28. The van der Waals surface area contributed by atoms with E-state index in [-0.39, 0.29) is 0 Å². The quantitative estimate of drug-likeness (QED) is 0.475. The van der Waals surface area contributed by atoms with Crippen LogP contribution in [0.5, 0.6) is 0 Å². The van der Waals surface area contributed by atoms with Crippen molar-refractivity contribution < 1.29 is 0 Å². The Morgan fingerprint density at radius 3 is 3.07 bits per heavy atom. The molecule has 72 valence electrons. The van der Waals surface area contributed by atoms with Crippen LogP contribution in [0.4, 0.5) is 0 Å². The molecule has 2 heterocycles. The van der Waals surface area contributed by atoms with Crippen LogP contribution in [0.2, 0.25) is 0 Å². The molecule has 0 fully saturated rings. The Kier molecular flexibility index (Phi) is 3.01. The van der Waals surface area contributed by atoms with E-state index < -0.39 is 0 Å². The van der Waals surface area contributed by atoms with E-state index in [1.807, 2.05) is 36.4 Å². The van der Waals surface area contributed by atoms with Crippen molar-refractivity contribution >= 4 is 34.1 Å². The molecule has 0 spiro atoms. The first-order valence-electron chi connectivity index (χ1n) is 3.96. The summed E-state index contributed by atoms with van der Waals surface area (Å²) in [6, 6.07) is 1.94. The summed E-state index contributed by atoms with van der Waals surface area (Å²) in [4.78, 5) is 0. The molecular weight excluding hydrogens is 310 g/mol. The van der Waals surface area contributed by atoms with E-state index in [1.54, 1.807) is 4.68 Å². The van der Waals surface area contributed by atoms with Gasteiger partial charge in [-0.1, -0.05) is 5.73 Å². The van der Waals surface area contributed by atoms with E-state index >= 15 is 0 Å². The van der Waals surface area contributed by atoms with E-state index in [4.69, 9.17) is 0 Å². The summed E-state index contributed by atoms with van der Waals surface area (Å²) in [6.07, 6.45) is 6.16. The van der Waals surface area contributed by atoms with Crippen molar-refractivity contribution in [2.24, 2.45) is 12.1 Å². The van der Waals surface area contributed by atoms with Gasteiger partial charge in [0.1, 0.15) is 11.4 Å². The fourth-order valence-electron chi connectivity index (χ4n) is 1.08. The van der Waals surface area contributed by atoms with Crippen LogP contribution < -0.4 is 0 Å². The van der Waals surface area contributed by atoms with Gasteiger partial charge in [0.05, 0.1) is 12.6 Å². The Labute approximate surface area is 96.7 Å². The highest BCUT2D eigenvalue weighted by molar-refractivity contribution is 14.2. The van der Waals surface area contributed by atoms with Gasteiger partial charge >= 0.3 is 0 Å². The molecule has 1 aromatic rings. The lowest BCUT2D eigenvalue weighted by Crippen LogP contribution is -2.07. The topological polar surface area (TPSA) is 33.4 Å². The average molecular weight is 318 g/mol. The van der Waals surface area contributed by atoms with Crippen LogP contribution in [-0.2, 0) is 7.05 Å². The highest BCUT2D eigenvalue weighted by atomic mass is 127. The van der Waals surface area contributed by atoms with Gasteiger partial charge in [-0.05, 0) is 28.1 Å². The molecule has 1 atom stereocenters. The zero-order chi connectivity index (χ0) is 9.97. The number of rotatable bonds is 2. The first kappa shape index (κ1) is 9.90. The molecule has 0 radical (unpaired) electrons. The molecule has 0 saturated heterocycles. The first-order chi connectivity index (χ1) is 6.79. The van der Waals surface area contributed by atoms with Crippen molar-refractivity contribution in [3.05, 3.63) is 36.0 Å². The van der Waals surface area contributed by atoms with Crippen LogP contribution in [0.15, 0.2) is 35.4 Å². The summed E-state index contributed by atoms with van der Waals surface area (Å²) in [5.74, 6) is 0. The smallest absolute Gasteiger partial charge is 0.119 e. The molecule has 2 rings (SSSR count). The van der Waals surface area contributed by atoms with Gasteiger partial charge in [0.15, 0.2) is 0 Å². The summed E-state index contributed by atoms with van der Waals surface area (Å²) < 4.78 is 3.62. The summed E-state index contributed by atoms with van der Waals surface area (Å²) in [5, 5.41) is 8.67. The Morgan fingerprint density at radius 1 is 1.57 bits per heavy atom. The van der Waals surface area contributed by atoms with Crippen molar-refractivity contribution in [1.82, 2.24) is 14.6 Å². The zero-order valence-electron chi connectivity index (χ0n) is 7.48. The lowest BCUT2D eigenvalue weighted by atomic mass is 10.2. The number of hydrazone groups is 1. The van der Waals surface area contributed by atoms with Crippen LogP contribution in [0.1, 0.15) is 5.69 Å². The highest BCUT2D eigenvalue weighted by Gasteiger charge is 2.07. The van der Waals surface area contributed by atoms with Gasteiger partial charge in [0.2, 0.25) is 0 Å². The molecule has 1 unspecified atom stereocenters. The van der Waals surface area contributed by atoms with Crippen molar-refractivity contribution in [2.45, 2.75) is 0 Å². The Bertz CT molecular complexity index is 430. The highest BCUT2D eigenvalue weighted by Crippen LogP contribution is 2.28. The van der Waals surface area contributed by atoms with Crippen molar-refractivity contribution in [3.63, 3.8) is 0 Å². The molecule has 0 aliphatic carbocycles. The van der Waals surface area contributed by atoms with Gasteiger partial charge in [-0.2, -0.15) is 10.2 Å². The van der Waals surface area contributed by atoms with Gasteiger partial charge in [-0.3, -0.25) is 4.68 Å². The molecular formula is C8H8IN4P. The van der Waals surface area contributed by atoms with E-state index in [0.717, 1.165) is 11.4 Å². The maximum absolute atomic E-state index is 4.39. The number of allylic oxidation sites excluding steroid dienone is 1. The zero-order valence-corrected chi connectivity index (χ0v) is 10.6. The van der Waals surface area contributed by atoms with Crippen molar-refractivity contribution in [1.29, 1.82) is 0 Å². The standard InChI is InChI=1S/C8H8IN4P/c1-12-6-4-8(10-12)7-3-2-5-13(11-7)14-9/h3-6,14H,1H3. The minimum atomic E-state index is 0.588. The van der Waals surface area contributed by atoms with Crippen molar-refractivity contribution in [2.75, 3.05) is 0 Å². The maximum Gasteiger partial charge on any atom is 0.119 e. The number of aromatic nitrogens is 2. The SMILES string of the molecule is Cn1ccc(C2=NN(PI)C=C=C2)n1. The molecule has 1 aliphatic rings. The molecule has 0 N–H and O–H groups in total. The molecule has 4 nitrogen and oxygen atoms in total. The number of halogens is 1. The number of hydrogen-bond donors (Lipinski definition) is 0. The molecule has 0 aromatic carbocycles. The number of hydrogen-bond acceptors (Lipinski definition) is 3. The van der Waals surface area contributed by atoms with E-state index in [2.05, 4.69) is 38.0 Å². The first-order valence-corrected chi connectivity index (χ1v) is 8.02. The monoisotopic (exact) mass is 318 g/mol. The van der Waals surface area contributed by atoms with Crippen LogP contribution in [0.25, 0.3) is 0 Å². The second-order valence-corrected chi connectivity index (χ2v) is 4.80. The second-order valence-electron chi connectivity index (χ2n) is 2.73. The largest absolute Gasteiger partial charge is 0.275 e. The number of nitrogens with zero attached hydrogens (tertiary/aromatic N) is 4. The minimum absolute atomic E-state index is 0.588. The minimum Gasteiger partial charge on any atom is -0.275 e. The predicted octanol–water partition coefficient (Wildman–Crippen LogP) is 2.05. The molecule has 6 heteroatoms. The van der Waals surface area contributed by atoms with E-state index in [9.17, 15) is 0 Å². The molecule has 0 saturated carbocycles. The van der Waals surface area contributed by atoms with Gasteiger partial charge < -0.3 is 0 Å². The Morgan fingerprint density at radius 2 is 2.43 bits per heavy atom. The van der Waals surface area contributed by atoms with Gasteiger partial charge in [0, 0.05) is 19.3 Å². The summed E-state index contributed by atoms with van der Waals surface area (Å²) in [6.45, 7) is 0. The van der Waals surface area contributed by atoms with Crippen LogP contribution in [0, 0.1) is 0 Å². The lowest BCUT2D eigenvalue weighted by Gasteiger charge is -2.11. The lowest BCUT2D eigenvalue weighted by molar-refractivity contribution is 0.672. The van der Waals surface area contributed by atoms with Gasteiger partial charge in [-0.25, -0.2) is 4.78 Å². The number of aryl methyl sites for hydroxylation is 1. The summed E-state index contributed by atoms with van der Waals surface area (Å²) in [7, 11) is 1.89. The van der Waals surface area contributed by atoms with Crippen LogP contribution in [-0.4, -0.2) is 20.3 Å². The predicted molar refractivity (Wildman–Crippen MR) is 66.6 cm³/mol. The van der Waals surface area contributed by atoms with Crippen LogP contribution in [0.3, 0.4) is 0 Å². The third-order valence-electron chi connectivity index (χ3n) is 1.69. The fourth-order valence-corrected chi connectivity index (χ4v) is 2.09. The Hall–Kier alpha value is -0.640.